The molecule has 0 spiro atoms. The standard InChI is InChI=1S/C10H13N3O3.C2H6/c1-2-3-12-4-5-13-8(10(12)16)9(15)7(14)6-11-13;1-2/h6,15H,2-5H2,1H3;1-2H3. The van der Waals surface area contributed by atoms with Crippen LogP contribution in [0.25, 0.3) is 0 Å². The van der Waals surface area contributed by atoms with E-state index < -0.39 is 11.2 Å². The minimum atomic E-state index is -0.613. The number of hydrogen-bond donors (Lipinski definition) is 1. The Morgan fingerprint density at radius 1 is 1.33 bits per heavy atom. The van der Waals surface area contributed by atoms with Crippen LogP contribution in [-0.4, -0.2) is 38.8 Å². The molecule has 1 aromatic heterocycles. The normalized spacial score (nSPS) is 13.7. The summed E-state index contributed by atoms with van der Waals surface area (Å²) in [7, 11) is 0. The van der Waals surface area contributed by atoms with Gasteiger partial charge in [-0.05, 0) is 6.42 Å². The van der Waals surface area contributed by atoms with Crippen LogP contribution in [0.2, 0.25) is 0 Å². The summed E-state index contributed by atoms with van der Waals surface area (Å²) >= 11 is 0. The van der Waals surface area contributed by atoms with Crippen molar-refractivity contribution in [1.82, 2.24) is 14.7 Å². The van der Waals surface area contributed by atoms with E-state index in [-0.39, 0.29) is 11.6 Å². The Morgan fingerprint density at radius 3 is 2.61 bits per heavy atom. The topological polar surface area (TPSA) is 75.4 Å². The summed E-state index contributed by atoms with van der Waals surface area (Å²) < 4.78 is 1.38. The molecule has 0 saturated heterocycles. The molecular weight excluding hydrogens is 234 g/mol. The molecule has 100 valence electrons. The number of carbonyl (C=O) groups excluding carboxylic acids is 1. The third kappa shape index (κ3) is 2.52. The summed E-state index contributed by atoms with van der Waals surface area (Å²) in [6, 6.07) is 0. The number of rotatable bonds is 2. The van der Waals surface area contributed by atoms with Crippen molar-refractivity contribution < 1.29 is 9.90 Å². The van der Waals surface area contributed by atoms with Crippen LogP contribution in [0.4, 0.5) is 0 Å². The van der Waals surface area contributed by atoms with E-state index in [1.807, 2.05) is 20.8 Å². The van der Waals surface area contributed by atoms with Crippen LogP contribution in [0.3, 0.4) is 0 Å². The minimum absolute atomic E-state index is 0.00667. The third-order valence-corrected chi connectivity index (χ3v) is 2.60. The van der Waals surface area contributed by atoms with Crippen molar-refractivity contribution in [3.63, 3.8) is 0 Å². The Bertz CT molecular complexity index is 482. The van der Waals surface area contributed by atoms with E-state index in [0.717, 1.165) is 12.6 Å². The van der Waals surface area contributed by atoms with Crippen molar-refractivity contribution in [3.05, 3.63) is 22.1 Å². The van der Waals surface area contributed by atoms with Crippen LogP contribution < -0.4 is 5.43 Å². The Kier molecular flexibility index (Phi) is 4.88. The molecule has 0 aliphatic carbocycles. The van der Waals surface area contributed by atoms with Crippen molar-refractivity contribution >= 4 is 5.91 Å². The zero-order valence-corrected chi connectivity index (χ0v) is 11.0. The number of nitrogens with zero attached hydrogens (tertiary/aromatic N) is 3. The van der Waals surface area contributed by atoms with E-state index in [2.05, 4.69) is 5.10 Å². The second-order valence-corrected chi connectivity index (χ2v) is 3.72. The predicted octanol–water partition coefficient (Wildman–Crippen LogP) is 0.841. The Labute approximate surface area is 106 Å². The number of hydrogen-bond acceptors (Lipinski definition) is 4. The van der Waals surface area contributed by atoms with Crippen molar-refractivity contribution in [1.29, 1.82) is 0 Å². The lowest BCUT2D eigenvalue weighted by atomic mass is 10.2. The highest BCUT2D eigenvalue weighted by atomic mass is 16.3. The molecule has 1 aromatic rings. The number of carbonyl (C=O) groups is 1. The van der Waals surface area contributed by atoms with Crippen LogP contribution in [0.5, 0.6) is 5.75 Å². The fraction of sp³-hybridized carbons (Fsp3) is 0.583. The lowest BCUT2D eigenvalue weighted by Crippen LogP contribution is -2.42. The predicted molar refractivity (Wildman–Crippen MR) is 67.7 cm³/mol. The molecule has 2 heterocycles. The van der Waals surface area contributed by atoms with Crippen molar-refractivity contribution in [2.45, 2.75) is 33.7 Å². The maximum atomic E-state index is 11.9. The SMILES string of the molecule is CC.CCCN1CCn2ncc(=O)c(O)c2C1=O. The minimum Gasteiger partial charge on any atom is -0.502 e. The average Bonchev–Trinajstić information content (AvgIpc) is 2.39. The van der Waals surface area contributed by atoms with E-state index in [0.29, 0.717) is 19.6 Å². The van der Waals surface area contributed by atoms with Crippen molar-refractivity contribution in [2.24, 2.45) is 0 Å². The molecule has 1 N–H and O–H groups in total. The fourth-order valence-electron chi connectivity index (χ4n) is 1.81. The molecule has 6 nitrogen and oxygen atoms in total. The van der Waals surface area contributed by atoms with E-state index in [9.17, 15) is 14.7 Å². The highest BCUT2D eigenvalue weighted by Crippen LogP contribution is 2.17. The van der Waals surface area contributed by atoms with Crippen LogP contribution in [-0.2, 0) is 6.54 Å². The first kappa shape index (κ1) is 14.2. The van der Waals surface area contributed by atoms with E-state index >= 15 is 0 Å². The molecule has 1 aliphatic heterocycles. The molecule has 0 fully saturated rings. The summed E-state index contributed by atoms with van der Waals surface area (Å²) in [6.07, 6.45) is 1.87. The third-order valence-electron chi connectivity index (χ3n) is 2.60. The molecule has 0 saturated carbocycles. The van der Waals surface area contributed by atoms with Gasteiger partial charge >= 0.3 is 0 Å². The summed E-state index contributed by atoms with van der Waals surface area (Å²) in [5, 5.41) is 13.4. The lowest BCUT2D eigenvalue weighted by Gasteiger charge is -2.28. The van der Waals surface area contributed by atoms with Gasteiger partial charge in [-0.1, -0.05) is 20.8 Å². The van der Waals surface area contributed by atoms with Gasteiger partial charge in [0.2, 0.25) is 5.43 Å². The second-order valence-electron chi connectivity index (χ2n) is 3.72. The number of amides is 1. The van der Waals surface area contributed by atoms with Gasteiger partial charge in [0.15, 0.2) is 11.4 Å². The van der Waals surface area contributed by atoms with Gasteiger partial charge in [0.25, 0.3) is 5.91 Å². The van der Waals surface area contributed by atoms with Gasteiger partial charge in [0.05, 0.1) is 12.7 Å². The zero-order valence-electron chi connectivity index (χ0n) is 11.0. The van der Waals surface area contributed by atoms with E-state index in [1.54, 1.807) is 4.90 Å². The maximum absolute atomic E-state index is 11.9. The van der Waals surface area contributed by atoms with Crippen LogP contribution in [0.1, 0.15) is 37.7 Å². The Hall–Kier alpha value is -1.85. The van der Waals surface area contributed by atoms with Gasteiger partial charge in [0.1, 0.15) is 0 Å². The highest BCUT2D eigenvalue weighted by Gasteiger charge is 2.28. The van der Waals surface area contributed by atoms with Crippen LogP contribution in [0.15, 0.2) is 11.0 Å². The molecule has 6 heteroatoms. The molecule has 18 heavy (non-hydrogen) atoms. The smallest absolute Gasteiger partial charge is 0.276 e. The van der Waals surface area contributed by atoms with Crippen molar-refractivity contribution in [3.8, 4) is 5.75 Å². The molecule has 0 aromatic carbocycles. The number of aromatic hydroxyl groups is 1. The molecular formula is C12H19N3O3. The summed E-state index contributed by atoms with van der Waals surface area (Å²) in [5.74, 6) is -0.823. The zero-order chi connectivity index (χ0) is 13.7. The van der Waals surface area contributed by atoms with Gasteiger partial charge in [-0.3, -0.25) is 14.3 Å². The van der Waals surface area contributed by atoms with Gasteiger partial charge in [0, 0.05) is 13.1 Å². The molecule has 0 bridgehead atoms. The highest BCUT2D eigenvalue weighted by molar-refractivity contribution is 5.95. The van der Waals surface area contributed by atoms with Gasteiger partial charge in [-0.2, -0.15) is 5.10 Å². The molecule has 1 amide bonds. The summed E-state index contributed by atoms with van der Waals surface area (Å²) in [4.78, 5) is 24.8. The number of fused-ring (bicyclic) bond motifs is 1. The molecule has 2 rings (SSSR count). The molecule has 1 aliphatic rings. The number of aromatic nitrogens is 2. The van der Waals surface area contributed by atoms with Crippen LogP contribution in [0, 0.1) is 0 Å². The molecule has 0 atom stereocenters. The first-order chi connectivity index (χ1) is 8.65. The Morgan fingerprint density at radius 2 is 2.00 bits per heavy atom. The summed E-state index contributed by atoms with van der Waals surface area (Å²) in [6.45, 7) is 7.67. The lowest BCUT2D eigenvalue weighted by molar-refractivity contribution is 0.0687. The van der Waals surface area contributed by atoms with E-state index in [1.165, 1.54) is 4.68 Å². The van der Waals surface area contributed by atoms with Crippen molar-refractivity contribution in [2.75, 3.05) is 13.1 Å². The largest absolute Gasteiger partial charge is 0.502 e. The van der Waals surface area contributed by atoms with Gasteiger partial charge in [-0.25, -0.2) is 0 Å². The van der Waals surface area contributed by atoms with Crippen LogP contribution >= 0.6 is 0 Å². The van der Waals surface area contributed by atoms with Gasteiger partial charge in [-0.15, -0.1) is 0 Å². The molecule has 0 radical (unpaired) electrons. The molecule has 0 unspecified atom stereocenters. The van der Waals surface area contributed by atoms with E-state index in [4.69, 9.17) is 0 Å². The maximum Gasteiger partial charge on any atom is 0.276 e. The monoisotopic (exact) mass is 253 g/mol. The first-order valence-electron chi connectivity index (χ1n) is 6.23. The fourth-order valence-corrected chi connectivity index (χ4v) is 1.81. The quantitative estimate of drug-likeness (QED) is 0.847. The Balaban J connectivity index is 0.000000771. The first-order valence-corrected chi connectivity index (χ1v) is 6.23. The second kappa shape index (κ2) is 6.18. The summed E-state index contributed by atoms with van der Waals surface area (Å²) in [5.41, 5.74) is -0.606. The van der Waals surface area contributed by atoms with Gasteiger partial charge < -0.3 is 10.0 Å². The average molecular weight is 253 g/mol.